The van der Waals surface area contributed by atoms with Crippen molar-refractivity contribution in [2.24, 2.45) is 11.8 Å². The van der Waals surface area contributed by atoms with E-state index < -0.39 is 9.84 Å². The highest BCUT2D eigenvalue weighted by molar-refractivity contribution is 7.90. The first kappa shape index (κ1) is 13.6. The van der Waals surface area contributed by atoms with E-state index in [4.69, 9.17) is 0 Å². The molecule has 0 aliphatic heterocycles. The molecule has 0 amide bonds. The molecule has 0 spiro atoms. The Labute approximate surface area is 86.8 Å². The molecule has 0 aromatic heterocycles. The molecular formula is C10H20O3S. The van der Waals surface area contributed by atoms with E-state index in [9.17, 15) is 13.2 Å². The summed E-state index contributed by atoms with van der Waals surface area (Å²) in [6, 6.07) is 0. The van der Waals surface area contributed by atoms with E-state index >= 15 is 0 Å². The number of hydrogen-bond donors (Lipinski definition) is 0. The lowest BCUT2D eigenvalue weighted by Gasteiger charge is -2.16. The van der Waals surface area contributed by atoms with Crippen LogP contribution in [0.1, 0.15) is 33.6 Å². The number of carbonyl (C=O) groups excluding carboxylic acids is 1. The molecule has 0 aliphatic rings. The summed E-state index contributed by atoms with van der Waals surface area (Å²) >= 11 is 0. The minimum Gasteiger partial charge on any atom is -0.300 e. The molecule has 14 heavy (non-hydrogen) atoms. The minimum atomic E-state index is -2.88. The van der Waals surface area contributed by atoms with Crippen LogP contribution in [0.3, 0.4) is 0 Å². The average Bonchev–Trinajstić information content (AvgIpc) is 1.94. The fraction of sp³-hybridized carbons (Fsp3) is 0.900. The largest absolute Gasteiger partial charge is 0.300 e. The number of hydrogen-bond acceptors (Lipinski definition) is 3. The predicted octanol–water partition coefficient (Wildman–Crippen LogP) is 1.67. The third-order valence-electron chi connectivity index (χ3n) is 2.36. The molecule has 0 aromatic carbocycles. The van der Waals surface area contributed by atoms with Crippen LogP contribution in [0.4, 0.5) is 0 Å². The van der Waals surface area contributed by atoms with Crippen molar-refractivity contribution < 1.29 is 13.2 Å². The van der Waals surface area contributed by atoms with E-state index in [1.165, 1.54) is 6.26 Å². The summed E-state index contributed by atoms with van der Waals surface area (Å²) in [5, 5.41) is 0. The summed E-state index contributed by atoms with van der Waals surface area (Å²) in [6.07, 6.45) is 2.49. The molecule has 0 saturated carbocycles. The van der Waals surface area contributed by atoms with E-state index in [1.807, 2.05) is 13.8 Å². The van der Waals surface area contributed by atoms with E-state index in [0.29, 0.717) is 18.8 Å². The maximum atomic E-state index is 11.2. The Morgan fingerprint density at radius 1 is 1.29 bits per heavy atom. The fourth-order valence-electron chi connectivity index (χ4n) is 1.57. The first-order valence-electron chi connectivity index (χ1n) is 4.92. The first-order valence-corrected chi connectivity index (χ1v) is 6.98. The smallest absolute Gasteiger partial charge is 0.147 e. The number of carbonyl (C=O) groups is 1. The highest BCUT2D eigenvalue weighted by Gasteiger charge is 2.18. The van der Waals surface area contributed by atoms with Crippen molar-refractivity contribution >= 4 is 15.6 Å². The van der Waals surface area contributed by atoms with Crippen LogP contribution < -0.4 is 0 Å². The third kappa shape index (κ3) is 6.13. The third-order valence-corrected chi connectivity index (χ3v) is 3.39. The Balaban J connectivity index is 4.03. The summed E-state index contributed by atoms with van der Waals surface area (Å²) in [5.74, 6) is 0.654. The highest BCUT2D eigenvalue weighted by Crippen LogP contribution is 2.18. The summed E-state index contributed by atoms with van der Waals surface area (Å²) in [7, 11) is -2.88. The summed E-state index contributed by atoms with van der Waals surface area (Å²) < 4.78 is 21.7. The van der Waals surface area contributed by atoms with Gasteiger partial charge in [-0.25, -0.2) is 8.42 Å². The second-order valence-electron chi connectivity index (χ2n) is 4.23. The molecule has 1 atom stereocenters. The number of sulfone groups is 1. The molecular weight excluding hydrogens is 200 g/mol. The van der Waals surface area contributed by atoms with Crippen molar-refractivity contribution in [3.63, 3.8) is 0 Å². The van der Waals surface area contributed by atoms with Gasteiger partial charge in [0.05, 0.1) is 0 Å². The monoisotopic (exact) mass is 220 g/mol. The molecule has 0 N–H and O–H groups in total. The predicted molar refractivity (Wildman–Crippen MR) is 58.0 cm³/mol. The zero-order chi connectivity index (χ0) is 11.4. The molecule has 0 rings (SSSR count). The van der Waals surface area contributed by atoms with Crippen molar-refractivity contribution in [3.05, 3.63) is 0 Å². The zero-order valence-corrected chi connectivity index (χ0v) is 10.2. The van der Waals surface area contributed by atoms with Crippen LogP contribution in [0.5, 0.6) is 0 Å². The number of ketones is 1. The van der Waals surface area contributed by atoms with Crippen LogP contribution >= 0.6 is 0 Å². The van der Waals surface area contributed by atoms with Crippen LogP contribution in [0.15, 0.2) is 0 Å². The average molecular weight is 220 g/mol. The molecule has 0 bridgehead atoms. The van der Waals surface area contributed by atoms with Crippen molar-refractivity contribution in [2.45, 2.75) is 33.6 Å². The van der Waals surface area contributed by atoms with Crippen molar-refractivity contribution in [1.82, 2.24) is 0 Å². The lowest BCUT2D eigenvalue weighted by Crippen LogP contribution is -2.18. The van der Waals surface area contributed by atoms with Crippen LogP contribution in [0, 0.1) is 11.8 Å². The van der Waals surface area contributed by atoms with Crippen LogP contribution in [-0.2, 0) is 14.6 Å². The van der Waals surface area contributed by atoms with Gasteiger partial charge in [-0.15, -0.1) is 0 Å². The summed E-state index contributed by atoms with van der Waals surface area (Å²) in [6.45, 7) is 5.56. The lowest BCUT2D eigenvalue weighted by molar-refractivity contribution is -0.122. The van der Waals surface area contributed by atoms with Gasteiger partial charge in [0.2, 0.25) is 0 Å². The van der Waals surface area contributed by atoms with Gasteiger partial charge in [0, 0.05) is 17.9 Å². The Morgan fingerprint density at radius 2 is 1.79 bits per heavy atom. The van der Waals surface area contributed by atoms with Gasteiger partial charge in [0.25, 0.3) is 0 Å². The standard InChI is InChI=1S/C10H20O3S/c1-8(2)10(9(3)11)6-5-7-14(4,12)13/h8,10H,5-7H2,1-4H3. The number of rotatable bonds is 6. The molecule has 0 fully saturated rings. The zero-order valence-electron chi connectivity index (χ0n) is 9.41. The molecule has 84 valence electrons. The summed E-state index contributed by atoms with van der Waals surface area (Å²) in [4.78, 5) is 11.2. The summed E-state index contributed by atoms with van der Waals surface area (Å²) in [5.41, 5.74) is 0. The van der Waals surface area contributed by atoms with Gasteiger partial charge in [-0.05, 0) is 25.7 Å². The highest BCUT2D eigenvalue weighted by atomic mass is 32.2. The van der Waals surface area contributed by atoms with Gasteiger partial charge in [0.1, 0.15) is 15.6 Å². The van der Waals surface area contributed by atoms with Crippen molar-refractivity contribution in [1.29, 1.82) is 0 Å². The minimum absolute atomic E-state index is 0.0109. The SMILES string of the molecule is CC(=O)C(CCCS(C)(=O)=O)C(C)C. The van der Waals surface area contributed by atoms with Gasteiger partial charge in [-0.3, -0.25) is 4.79 Å². The van der Waals surface area contributed by atoms with Crippen LogP contribution in [0.25, 0.3) is 0 Å². The lowest BCUT2D eigenvalue weighted by atomic mass is 9.88. The molecule has 1 unspecified atom stereocenters. The van der Waals surface area contributed by atoms with Gasteiger partial charge in [-0.1, -0.05) is 13.8 Å². The van der Waals surface area contributed by atoms with E-state index in [1.54, 1.807) is 6.92 Å². The number of Topliss-reactive ketones (excluding diaryl/α,β-unsaturated/α-hetero) is 1. The second-order valence-corrected chi connectivity index (χ2v) is 6.49. The quantitative estimate of drug-likeness (QED) is 0.684. The molecule has 0 radical (unpaired) electrons. The molecule has 0 aliphatic carbocycles. The van der Waals surface area contributed by atoms with E-state index in [2.05, 4.69) is 0 Å². The molecule has 0 heterocycles. The fourth-order valence-corrected chi connectivity index (χ4v) is 2.26. The maximum absolute atomic E-state index is 11.2. The Hall–Kier alpha value is -0.380. The Morgan fingerprint density at radius 3 is 2.07 bits per heavy atom. The van der Waals surface area contributed by atoms with E-state index in [0.717, 1.165) is 0 Å². The topological polar surface area (TPSA) is 51.2 Å². The molecule has 3 nitrogen and oxygen atoms in total. The van der Waals surface area contributed by atoms with Crippen molar-refractivity contribution in [3.8, 4) is 0 Å². The molecule has 4 heteroatoms. The second kappa shape index (κ2) is 5.49. The van der Waals surface area contributed by atoms with Crippen LogP contribution in [0.2, 0.25) is 0 Å². The molecule has 0 saturated heterocycles. The van der Waals surface area contributed by atoms with E-state index in [-0.39, 0.29) is 17.5 Å². The van der Waals surface area contributed by atoms with Crippen LogP contribution in [-0.4, -0.2) is 26.2 Å². The van der Waals surface area contributed by atoms with Gasteiger partial charge in [0.15, 0.2) is 0 Å². The van der Waals surface area contributed by atoms with Gasteiger partial charge < -0.3 is 0 Å². The van der Waals surface area contributed by atoms with Gasteiger partial charge >= 0.3 is 0 Å². The Kier molecular flexibility index (Phi) is 5.34. The first-order chi connectivity index (χ1) is 6.24. The Bertz CT molecular complexity index is 278. The van der Waals surface area contributed by atoms with Crippen molar-refractivity contribution in [2.75, 3.05) is 12.0 Å². The molecule has 0 aromatic rings. The van der Waals surface area contributed by atoms with Gasteiger partial charge in [-0.2, -0.15) is 0 Å². The normalized spacial score (nSPS) is 14.4. The maximum Gasteiger partial charge on any atom is 0.147 e.